The number of aryl methyl sites for hydroxylation is 1. The van der Waals surface area contributed by atoms with Crippen LogP contribution in [0.25, 0.3) is 81.6 Å². The predicted molar refractivity (Wildman–Crippen MR) is 202 cm³/mol. The van der Waals surface area contributed by atoms with Crippen LogP contribution in [0.15, 0.2) is 133 Å². The highest BCUT2D eigenvalue weighted by Crippen LogP contribution is 2.56. The minimum Gasteiger partial charge on any atom is -0.278 e. The van der Waals surface area contributed by atoms with Gasteiger partial charge in [0.15, 0.2) is 0 Å². The van der Waals surface area contributed by atoms with Crippen LogP contribution in [0.4, 0.5) is 0 Å². The van der Waals surface area contributed by atoms with E-state index >= 15 is 0 Å². The fraction of sp³-hybridized carbons (Fsp3) is 0.0909. The van der Waals surface area contributed by atoms with E-state index in [4.69, 9.17) is 9.97 Å². The van der Waals surface area contributed by atoms with Crippen LogP contribution >= 0.6 is 11.3 Å². The summed E-state index contributed by atoms with van der Waals surface area (Å²) in [6.07, 6.45) is 0. The molecule has 4 heteroatoms. The van der Waals surface area contributed by atoms with E-state index in [1.807, 2.05) is 11.3 Å². The fourth-order valence-corrected chi connectivity index (χ4v) is 9.26. The molecule has 0 spiro atoms. The van der Waals surface area contributed by atoms with Crippen LogP contribution in [0.2, 0.25) is 0 Å². The topological polar surface area (TPSA) is 30.7 Å². The normalized spacial score (nSPS) is 13.5. The standard InChI is InChI=1S/C44H31N3S/c1-26-24-34-32(25-31(26)27-14-6-4-7-15-27)41(28-16-8-5-9-17-28)46-43(45-34)47-35-22-23-37-38(30-19-11-13-21-36(30)48-37)39(35)40-42(47)29-18-10-12-20-33(29)44(40,2)3/h4-25H,1-3H3. The molecule has 0 saturated carbocycles. The third-order valence-electron chi connectivity index (χ3n) is 10.3. The molecule has 10 rings (SSSR count). The summed E-state index contributed by atoms with van der Waals surface area (Å²) in [4.78, 5) is 10.9. The maximum Gasteiger partial charge on any atom is 0.235 e. The van der Waals surface area contributed by atoms with Gasteiger partial charge in [-0.2, -0.15) is 0 Å². The van der Waals surface area contributed by atoms with E-state index in [-0.39, 0.29) is 5.41 Å². The molecule has 0 N–H and O–H groups in total. The van der Waals surface area contributed by atoms with Crippen LogP contribution in [0.1, 0.15) is 30.5 Å². The number of thiophene rings is 1. The van der Waals surface area contributed by atoms with Crippen molar-refractivity contribution in [1.29, 1.82) is 0 Å². The van der Waals surface area contributed by atoms with Crippen molar-refractivity contribution < 1.29 is 0 Å². The highest BCUT2D eigenvalue weighted by Gasteiger charge is 2.41. The number of rotatable bonds is 3. The van der Waals surface area contributed by atoms with Crippen LogP contribution in [-0.4, -0.2) is 14.5 Å². The van der Waals surface area contributed by atoms with Crippen molar-refractivity contribution in [3.63, 3.8) is 0 Å². The Hall–Kier alpha value is -5.58. The van der Waals surface area contributed by atoms with Crippen molar-refractivity contribution in [2.24, 2.45) is 0 Å². The van der Waals surface area contributed by atoms with E-state index in [9.17, 15) is 0 Å². The molecule has 48 heavy (non-hydrogen) atoms. The second-order valence-electron chi connectivity index (χ2n) is 13.4. The number of aromatic nitrogens is 3. The minimum atomic E-state index is -0.201. The van der Waals surface area contributed by atoms with Crippen molar-refractivity contribution in [1.82, 2.24) is 14.5 Å². The first-order chi connectivity index (χ1) is 23.5. The van der Waals surface area contributed by atoms with E-state index in [0.29, 0.717) is 5.95 Å². The minimum absolute atomic E-state index is 0.201. The molecular formula is C44H31N3S. The molecule has 228 valence electrons. The highest BCUT2D eigenvalue weighted by molar-refractivity contribution is 7.26. The lowest BCUT2D eigenvalue weighted by Gasteiger charge is -2.21. The number of nitrogens with zero attached hydrogens (tertiary/aromatic N) is 3. The largest absolute Gasteiger partial charge is 0.278 e. The maximum absolute atomic E-state index is 5.51. The molecule has 0 atom stereocenters. The first-order valence-corrected chi connectivity index (χ1v) is 17.3. The van der Waals surface area contributed by atoms with Gasteiger partial charge in [-0.1, -0.05) is 117 Å². The van der Waals surface area contributed by atoms with Gasteiger partial charge in [0.1, 0.15) is 0 Å². The van der Waals surface area contributed by atoms with Crippen LogP contribution in [0.5, 0.6) is 0 Å². The monoisotopic (exact) mass is 633 g/mol. The Morgan fingerprint density at radius 3 is 2.12 bits per heavy atom. The molecular weight excluding hydrogens is 603 g/mol. The van der Waals surface area contributed by atoms with Gasteiger partial charge in [-0.05, 0) is 65.1 Å². The molecule has 3 nitrogen and oxygen atoms in total. The second-order valence-corrected chi connectivity index (χ2v) is 14.5. The van der Waals surface area contributed by atoms with Crippen LogP contribution < -0.4 is 0 Å². The molecule has 9 aromatic rings. The Kier molecular flexibility index (Phi) is 5.71. The van der Waals surface area contributed by atoms with Gasteiger partial charge >= 0.3 is 0 Å². The van der Waals surface area contributed by atoms with Crippen LogP contribution in [0, 0.1) is 6.92 Å². The van der Waals surface area contributed by atoms with Crippen LogP contribution in [0.3, 0.4) is 0 Å². The Labute approximate surface area is 282 Å². The van der Waals surface area contributed by atoms with Gasteiger partial charge in [0.05, 0.1) is 22.4 Å². The lowest BCUT2D eigenvalue weighted by molar-refractivity contribution is 0.666. The molecule has 0 unspecified atom stereocenters. The number of fused-ring (bicyclic) bond motifs is 10. The molecule has 0 saturated heterocycles. The van der Waals surface area contributed by atoms with Crippen molar-refractivity contribution in [3.05, 3.63) is 150 Å². The summed E-state index contributed by atoms with van der Waals surface area (Å²) < 4.78 is 4.98. The summed E-state index contributed by atoms with van der Waals surface area (Å²) in [7, 11) is 0. The molecule has 0 fully saturated rings. The zero-order valence-corrected chi connectivity index (χ0v) is 27.8. The highest BCUT2D eigenvalue weighted by atomic mass is 32.1. The van der Waals surface area contributed by atoms with Gasteiger partial charge < -0.3 is 0 Å². The molecule has 6 aromatic carbocycles. The lowest BCUT2D eigenvalue weighted by Crippen LogP contribution is -2.14. The van der Waals surface area contributed by atoms with Gasteiger partial charge in [0.2, 0.25) is 5.95 Å². The van der Waals surface area contributed by atoms with Crippen molar-refractivity contribution in [3.8, 4) is 39.6 Å². The van der Waals surface area contributed by atoms with Gasteiger partial charge in [0, 0.05) is 47.5 Å². The summed E-state index contributed by atoms with van der Waals surface area (Å²) in [6, 6.07) is 48.0. The molecule has 0 amide bonds. The Morgan fingerprint density at radius 2 is 1.31 bits per heavy atom. The quantitative estimate of drug-likeness (QED) is 0.194. The number of benzene rings is 6. The Balaban J connectivity index is 1.36. The predicted octanol–water partition coefficient (Wildman–Crippen LogP) is 11.9. The molecule has 3 heterocycles. The summed E-state index contributed by atoms with van der Waals surface area (Å²) in [5, 5.41) is 5.00. The summed E-state index contributed by atoms with van der Waals surface area (Å²) in [5.74, 6) is 0.700. The zero-order chi connectivity index (χ0) is 32.1. The summed E-state index contributed by atoms with van der Waals surface area (Å²) >= 11 is 1.87. The third kappa shape index (κ3) is 3.75. The van der Waals surface area contributed by atoms with Crippen molar-refractivity contribution in [2.45, 2.75) is 26.2 Å². The molecule has 0 aliphatic heterocycles. The average molecular weight is 634 g/mol. The smallest absolute Gasteiger partial charge is 0.235 e. The van der Waals surface area contributed by atoms with E-state index < -0.39 is 0 Å². The maximum atomic E-state index is 5.51. The second kappa shape index (κ2) is 9.96. The number of hydrogen-bond donors (Lipinski definition) is 0. The number of hydrogen-bond acceptors (Lipinski definition) is 3. The molecule has 3 aromatic heterocycles. The van der Waals surface area contributed by atoms with Gasteiger partial charge in [-0.3, -0.25) is 4.57 Å². The molecule has 0 bridgehead atoms. The van der Waals surface area contributed by atoms with Gasteiger partial charge in [-0.15, -0.1) is 11.3 Å². The fourth-order valence-electron chi connectivity index (χ4n) is 8.15. The lowest BCUT2D eigenvalue weighted by atomic mass is 9.81. The van der Waals surface area contributed by atoms with E-state index in [2.05, 4.69) is 159 Å². The first kappa shape index (κ1) is 27.5. The van der Waals surface area contributed by atoms with Crippen molar-refractivity contribution in [2.75, 3.05) is 0 Å². The summed E-state index contributed by atoms with van der Waals surface area (Å²) in [6.45, 7) is 6.94. The van der Waals surface area contributed by atoms with Crippen LogP contribution in [-0.2, 0) is 5.41 Å². The Morgan fingerprint density at radius 1 is 0.604 bits per heavy atom. The van der Waals surface area contributed by atoms with Gasteiger partial charge in [-0.25, -0.2) is 9.97 Å². The van der Waals surface area contributed by atoms with E-state index in [0.717, 1.165) is 27.7 Å². The average Bonchev–Trinajstić information content (AvgIpc) is 3.75. The zero-order valence-electron chi connectivity index (χ0n) is 27.0. The third-order valence-corrected chi connectivity index (χ3v) is 11.5. The molecule has 1 aliphatic carbocycles. The van der Waals surface area contributed by atoms with E-state index in [1.165, 1.54) is 64.6 Å². The SMILES string of the molecule is Cc1cc2nc(-n3c4c(c5c6c(ccc53)sc3ccccc36)C(C)(C)c3ccccc3-4)nc(-c3ccccc3)c2cc1-c1ccccc1. The van der Waals surface area contributed by atoms with Gasteiger partial charge in [0.25, 0.3) is 0 Å². The van der Waals surface area contributed by atoms with Crippen molar-refractivity contribution >= 4 is 53.3 Å². The summed E-state index contributed by atoms with van der Waals surface area (Å²) in [5.41, 5.74) is 12.6. The van der Waals surface area contributed by atoms with E-state index in [1.54, 1.807) is 0 Å². The first-order valence-electron chi connectivity index (χ1n) is 16.5. The molecule has 1 aliphatic rings. The molecule has 0 radical (unpaired) electrons. The Bertz CT molecular complexity index is 2750.